The van der Waals surface area contributed by atoms with E-state index in [1.807, 2.05) is 19.9 Å². The maximum atomic E-state index is 5.82. The molecule has 1 rings (SSSR count). The molecule has 0 amide bonds. The van der Waals surface area contributed by atoms with E-state index >= 15 is 0 Å². The minimum absolute atomic E-state index is 0.745. The van der Waals surface area contributed by atoms with E-state index in [2.05, 4.69) is 27.6 Å². The quantitative estimate of drug-likeness (QED) is 0.659. The SMILES string of the molecule is Cc1nc(C)c(I)cc1Cl. The summed E-state index contributed by atoms with van der Waals surface area (Å²) in [5.74, 6) is 0. The van der Waals surface area contributed by atoms with Crippen LogP contribution in [-0.4, -0.2) is 4.98 Å². The molecule has 3 heteroatoms. The number of pyridine rings is 1. The van der Waals surface area contributed by atoms with Gasteiger partial charge in [0.1, 0.15) is 0 Å². The fourth-order valence-corrected chi connectivity index (χ4v) is 1.45. The minimum Gasteiger partial charge on any atom is -0.256 e. The van der Waals surface area contributed by atoms with Gasteiger partial charge in [-0.25, -0.2) is 0 Å². The smallest absolute Gasteiger partial charge is 0.0629 e. The van der Waals surface area contributed by atoms with Crippen LogP contribution in [0, 0.1) is 17.4 Å². The first-order valence-corrected chi connectivity index (χ1v) is 4.36. The molecule has 0 spiro atoms. The molecular weight excluding hydrogens is 260 g/mol. The van der Waals surface area contributed by atoms with E-state index in [1.165, 1.54) is 0 Å². The van der Waals surface area contributed by atoms with Gasteiger partial charge in [-0.05, 0) is 42.5 Å². The molecule has 1 nitrogen and oxygen atoms in total. The van der Waals surface area contributed by atoms with Crippen LogP contribution < -0.4 is 0 Å². The van der Waals surface area contributed by atoms with E-state index in [0.29, 0.717) is 0 Å². The highest BCUT2D eigenvalue weighted by molar-refractivity contribution is 14.1. The second-order valence-corrected chi connectivity index (χ2v) is 3.69. The van der Waals surface area contributed by atoms with Gasteiger partial charge < -0.3 is 0 Å². The molecule has 0 unspecified atom stereocenters. The lowest BCUT2D eigenvalue weighted by Gasteiger charge is -2.00. The van der Waals surface area contributed by atoms with Crippen LogP contribution in [-0.2, 0) is 0 Å². The number of rotatable bonds is 0. The van der Waals surface area contributed by atoms with Crippen LogP contribution in [0.15, 0.2) is 6.07 Å². The Hall–Kier alpha value is 0.170. The number of halogens is 2. The molecule has 1 heterocycles. The van der Waals surface area contributed by atoms with Crippen molar-refractivity contribution in [3.8, 4) is 0 Å². The molecule has 0 aliphatic rings. The van der Waals surface area contributed by atoms with Gasteiger partial charge in [-0.2, -0.15) is 0 Å². The molecule has 10 heavy (non-hydrogen) atoms. The summed E-state index contributed by atoms with van der Waals surface area (Å²) in [4.78, 5) is 4.23. The molecule has 54 valence electrons. The topological polar surface area (TPSA) is 12.9 Å². The average Bonchev–Trinajstić information content (AvgIpc) is 1.84. The normalized spacial score (nSPS) is 10.0. The van der Waals surface area contributed by atoms with Gasteiger partial charge in [0.05, 0.1) is 16.4 Å². The van der Waals surface area contributed by atoms with Crippen LogP contribution in [0.25, 0.3) is 0 Å². The zero-order chi connectivity index (χ0) is 7.72. The number of aryl methyl sites for hydroxylation is 2. The molecule has 0 saturated heterocycles. The zero-order valence-electron chi connectivity index (χ0n) is 5.78. The first kappa shape index (κ1) is 8.27. The minimum atomic E-state index is 0.745. The summed E-state index contributed by atoms with van der Waals surface area (Å²) < 4.78 is 1.12. The molecule has 0 aliphatic carbocycles. The highest BCUT2D eigenvalue weighted by Gasteiger charge is 1.99. The van der Waals surface area contributed by atoms with Gasteiger partial charge in [-0.1, -0.05) is 11.6 Å². The molecule has 0 aliphatic heterocycles. The lowest BCUT2D eigenvalue weighted by Crippen LogP contribution is -1.89. The van der Waals surface area contributed by atoms with Crippen molar-refractivity contribution < 1.29 is 0 Å². The van der Waals surface area contributed by atoms with Gasteiger partial charge in [0.15, 0.2) is 0 Å². The van der Waals surface area contributed by atoms with Crippen molar-refractivity contribution in [2.75, 3.05) is 0 Å². The Morgan fingerprint density at radius 1 is 1.40 bits per heavy atom. The van der Waals surface area contributed by atoms with Gasteiger partial charge in [0.25, 0.3) is 0 Å². The van der Waals surface area contributed by atoms with Crippen LogP contribution in [0.5, 0.6) is 0 Å². The third-order valence-electron chi connectivity index (χ3n) is 1.28. The largest absolute Gasteiger partial charge is 0.256 e. The fraction of sp³-hybridized carbons (Fsp3) is 0.286. The Morgan fingerprint density at radius 3 is 2.50 bits per heavy atom. The second-order valence-electron chi connectivity index (χ2n) is 2.12. The van der Waals surface area contributed by atoms with E-state index in [1.54, 1.807) is 0 Å². The Kier molecular flexibility index (Phi) is 2.52. The maximum absolute atomic E-state index is 5.82. The van der Waals surface area contributed by atoms with E-state index in [0.717, 1.165) is 20.0 Å². The summed E-state index contributed by atoms with van der Waals surface area (Å²) in [6.45, 7) is 3.89. The van der Waals surface area contributed by atoms with Gasteiger partial charge in [0, 0.05) is 3.57 Å². The Balaban J connectivity index is 3.28. The Labute approximate surface area is 78.9 Å². The molecule has 0 bridgehead atoms. The van der Waals surface area contributed by atoms with Gasteiger partial charge in [-0.3, -0.25) is 4.98 Å². The third-order valence-corrected chi connectivity index (χ3v) is 2.75. The van der Waals surface area contributed by atoms with E-state index < -0.39 is 0 Å². The summed E-state index contributed by atoms with van der Waals surface area (Å²) in [7, 11) is 0. The Bertz CT molecular complexity index is 210. The van der Waals surface area contributed by atoms with Crippen molar-refractivity contribution in [1.82, 2.24) is 4.98 Å². The summed E-state index contributed by atoms with van der Waals surface area (Å²) in [6.07, 6.45) is 0. The first-order valence-electron chi connectivity index (χ1n) is 2.90. The fourth-order valence-electron chi connectivity index (χ4n) is 0.679. The van der Waals surface area contributed by atoms with Crippen molar-refractivity contribution in [1.29, 1.82) is 0 Å². The highest BCUT2D eigenvalue weighted by atomic mass is 127. The molecule has 0 atom stereocenters. The zero-order valence-corrected chi connectivity index (χ0v) is 8.69. The van der Waals surface area contributed by atoms with Crippen LogP contribution in [0.3, 0.4) is 0 Å². The van der Waals surface area contributed by atoms with Crippen molar-refractivity contribution in [2.45, 2.75) is 13.8 Å². The molecule has 1 aromatic rings. The van der Waals surface area contributed by atoms with Crippen molar-refractivity contribution >= 4 is 34.2 Å². The second kappa shape index (κ2) is 3.05. The number of hydrogen-bond acceptors (Lipinski definition) is 1. The Morgan fingerprint density at radius 2 is 2.00 bits per heavy atom. The van der Waals surface area contributed by atoms with Gasteiger partial charge >= 0.3 is 0 Å². The van der Waals surface area contributed by atoms with E-state index in [9.17, 15) is 0 Å². The summed E-state index contributed by atoms with van der Waals surface area (Å²) >= 11 is 8.04. The van der Waals surface area contributed by atoms with E-state index in [-0.39, 0.29) is 0 Å². The maximum Gasteiger partial charge on any atom is 0.0629 e. The molecular formula is C7H7ClIN. The van der Waals surface area contributed by atoms with Crippen molar-refractivity contribution in [3.63, 3.8) is 0 Å². The molecule has 1 aromatic heterocycles. The monoisotopic (exact) mass is 267 g/mol. The molecule has 0 fully saturated rings. The summed E-state index contributed by atoms with van der Waals surface area (Å²) in [5, 5.41) is 0.745. The lowest BCUT2D eigenvalue weighted by molar-refractivity contribution is 1.11. The van der Waals surface area contributed by atoms with E-state index in [4.69, 9.17) is 11.6 Å². The van der Waals surface area contributed by atoms with Crippen LogP contribution >= 0.6 is 34.2 Å². The number of hydrogen-bond donors (Lipinski definition) is 0. The van der Waals surface area contributed by atoms with Gasteiger partial charge in [-0.15, -0.1) is 0 Å². The van der Waals surface area contributed by atoms with Crippen molar-refractivity contribution in [2.24, 2.45) is 0 Å². The standard InChI is InChI=1S/C7H7ClIN/c1-4-6(8)3-7(9)5(2)10-4/h3H,1-2H3. The average molecular weight is 267 g/mol. The molecule has 0 aromatic carbocycles. The predicted molar refractivity (Wildman–Crippen MR) is 51.4 cm³/mol. The first-order chi connectivity index (χ1) is 4.61. The third kappa shape index (κ3) is 1.61. The number of nitrogens with zero attached hydrogens (tertiary/aromatic N) is 1. The van der Waals surface area contributed by atoms with Crippen LogP contribution in [0.2, 0.25) is 5.02 Å². The molecule has 0 saturated carbocycles. The van der Waals surface area contributed by atoms with Gasteiger partial charge in [0.2, 0.25) is 0 Å². The lowest BCUT2D eigenvalue weighted by atomic mass is 10.3. The van der Waals surface area contributed by atoms with Crippen molar-refractivity contribution in [3.05, 3.63) is 26.0 Å². The van der Waals surface area contributed by atoms with Crippen LogP contribution in [0.4, 0.5) is 0 Å². The summed E-state index contributed by atoms with van der Waals surface area (Å²) in [5.41, 5.74) is 1.95. The predicted octanol–water partition coefficient (Wildman–Crippen LogP) is 2.96. The van der Waals surface area contributed by atoms with Crippen LogP contribution in [0.1, 0.15) is 11.4 Å². The summed E-state index contributed by atoms with van der Waals surface area (Å²) in [6, 6.07) is 1.93. The number of aromatic nitrogens is 1. The highest BCUT2D eigenvalue weighted by Crippen LogP contribution is 2.18. The molecule has 0 radical (unpaired) electrons. The molecule has 0 N–H and O–H groups in total.